The van der Waals surface area contributed by atoms with E-state index in [1.807, 2.05) is 6.07 Å². The Hall–Kier alpha value is -1.32. The van der Waals surface area contributed by atoms with Crippen molar-refractivity contribution >= 4 is 28.8 Å². The summed E-state index contributed by atoms with van der Waals surface area (Å²) in [6.45, 7) is 0. The summed E-state index contributed by atoms with van der Waals surface area (Å²) < 4.78 is 5.00. The van der Waals surface area contributed by atoms with Gasteiger partial charge < -0.3 is 9.72 Å². The number of fused-ring (bicyclic) bond motifs is 1. The summed E-state index contributed by atoms with van der Waals surface area (Å²) >= 11 is 5.88. The van der Waals surface area contributed by atoms with E-state index in [1.165, 1.54) is 5.56 Å². The van der Waals surface area contributed by atoms with Crippen molar-refractivity contribution in [2.75, 3.05) is 7.11 Å². The molecule has 3 nitrogen and oxygen atoms in total. The second-order valence-corrected chi connectivity index (χ2v) is 4.77. The molecule has 2 rings (SSSR count). The molecule has 18 heavy (non-hydrogen) atoms. The number of nitrogens with one attached hydrogen (secondary N) is 1. The molecule has 1 atom stereocenters. The van der Waals surface area contributed by atoms with Gasteiger partial charge in [-0.15, -0.1) is 0 Å². The minimum atomic E-state index is -0.216. The van der Waals surface area contributed by atoms with Gasteiger partial charge in [0.15, 0.2) is 6.29 Å². The second kappa shape index (κ2) is 6.03. The zero-order valence-corrected chi connectivity index (χ0v) is 11.0. The highest BCUT2D eigenvalue weighted by Crippen LogP contribution is 2.20. The van der Waals surface area contributed by atoms with E-state index in [1.54, 1.807) is 13.3 Å². The first-order valence-corrected chi connectivity index (χ1v) is 6.40. The number of carbonyl (C=O) groups is 1. The number of aromatic amines is 1. The average molecular weight is 266 g/mol. The second-order valence-electron chi connectivity index (χ2n) is 4.28. The van der Waals surface area contributed by atoms with E-state index < -0.39 is 0 Å². The van der Waals surface area contributed by atoms with Gasteiger partial charge in [-0.05, 0) is 37.0 Å². The lowest BCUT2D eigenvalue weighted by atomic mass is 10.0. The monoisotopic (exact) mass is 265 g/mol. The van der Waals surface area contributed by atoms with Crippen LogP contribution in [0.5, 0.6) is 0 Å². The van der Waals surface area contributed by atoms with Crippen LogP contribution < -0.4 is 0 Å². The summed E-state index contributed by atoms with van der Waals surface area (Å²) in [5.74, 6) is 0. The summed E-state index contributed by atoms with van der Waals surface area (Å²) in [6.07, 6.45) is 5.34. The van der Waals surface area contributed by atoms with Crippen LogP contribution in [0.2, 0.25) is 0 Å². The average Bonchev–Trinajstić information content (AvgIpc) is 2.80. The number of hydrogen-bond donors (Lipinski definition) is 1. The highest BCUT2D eigenvalue weighted by Gasteiger charge is 2.05. The number of alkyl halides is 1. The van der Waals surface area contributed by atoms with Crippen LogP contribution in [-0.2, 0) is 11.2 Å². The number of rotatable bonds is 6. The third-order valence-corrected chi connectivity index (χ3v) is 3.45. The van der Waals surface area contributed by atoms with Crippen molar-refractivity contribution in [3.8, 4) is 0 Å². The number of aryl methyl sites for hydroxylation is 1. The molecule has 0 radical (unpaired) electrons. The zero-order valence-electron chi connectivity index (χ0n) is 10.3. The number of aromatic nitrogens is 1. The van der Waals surface area contributed by atoms with Gasteiger partial charge in [-0.25, -0.2) is 0 Å². The molecule has 1 N–H and O–H groups in total. The van der Waals surface area contributed by atoms with Gasteiger partial charge in [-0.2, -0.15) is 0 Å². The maximum absolute atomic E-state index is 10.9. The van der Waals surface area contributed by atoms with Crippen LogP contribution in [0.4, 0.5) is 0 Å². The van der Waals surface area contributed by atoms with Crippen molar-refractivity contribution < 1.29 is 9.53 Å². The SMILES string of the molecule is COC(Cl)CCCc1ccc2[nH]cc(C=O)c2c1. The fourth-order valence-corrected chi connectivity index (χ4v) is 2.18. The van der Waals surface area contributed by atoms with Crippen molar-refractivity contribution in [1.29, 1.82) is 0 Å². The molecule has 0 saturated heterocycles. The predicted octanol–water partition coefficient (Wildman–Crippen LogP) is 3.51. The van der Waals surface area contributed by atoms with Crippen LogP contribution in [0.15, 0.2) is 24.4 Å². The molecule has 0 fully saturated rings. The van der Waals surface area contributed by atoms with Crippen molar-refractivity contribution in [1.82, 2.24) is 4.98 Å². The molecule has 1 aromatic heterocycles. The summed E-state index contributed by atoms with van der Waals surface area (Å²) in [5.41, 5.74) is 2.70. The Balaban J connectivity index is 2.07. The minimum absolute atomic E-state index is 0.216. The number of halogens is 1. The predicted molar refractivity (Wildman–Crippen MR) is 73.3 cm³/mol. The lowest BCUT2D eigenvalue weighted by molar-refractivity contribution is 0.112. The first-order chi connectivity index (χ1) is 8.74. The Labute approximate surface area is 111 Å². The smallest absolute Gasteiger partial charge is 0.152 e. The summed E-state index contributed by atoms with van der Waals surface area (Å²) in [4.78, 5) is 14.0. The molecule has 96 valence electrons. The van der Waals surface area contributed by atoms with E-state index in [4.69, 9.17) is 16.3 Å². The maximum atomic E-state index is 10.9. The molecule has 0 amide bonds. The van der Waals surface area contributed by atoms with E-state index in [9.17, 15) is 4.79 Å². The topological polar surface area (TPSA) is 42.1 Å². The Kier molecular flexibility index (Phi) is 4.39. The first-order valence-electron chi connectivity index (χ1n) is 5.96. The number of benzene rings is 1. The van der Waals surface area contributed by atoms with Crippen molar-refractivity contribution in [3.05, 3.63) is 35.5 Å². The number of H-pyrrole nitrogens is 1. The zero-order chi connectivity index (χ0) is 13.0. The highest BCUT2D eigenvalue weighted by molar-refractivity contribution is 6.19. The van der Waals surface area contributed by atoms with E-state index in [2.05, 4.69) is 17.1 Å². The van der Waals surface area contributed by atoms with Gasteiger partial charge in [-0.1, -0.05) is 17.7 Å². The van der Waals surface area contributed by atoms with Crippen molar-refractivity contribution in [2.24, 2.45) is 0 Å². The Bertz CT molecular complexity index is 536. The molecule has 1 unspecified atom stereocenters. The largest absolute Gasteiger partial charge is 0.366 e. The van der Waals surface area contributed by atoms with Crippen molar-refractivity contribution in [3.63, 3.8) is 0 Å². The fourth-order valence-electron chi connectivity index (χ4n) is 2.03. The van der Waals surface area contributed by atoms with Gasteiger partial charge >= 0.3 is 0 Å². The molecule has 0 aliphatic heterocycles. The molecule has 0 aliphatic carbocycles. The molecule has 1 heterocycles. The standard InChI is InChI=1S/C14H16ClNO2/c1-18-14(15)4-2-3-10-5-6-13-12(7-10)11(9-17)8-16-13/h5-9,14,16H,2-4H2,1H3. The first kappa shape index (κ1) is 13.1. The van der Waals surface area contributed by atoms with E-state index in [0.717, 1.165) is 36.5 Å². The Morgan fingerprint density at radius 2 is 2.33 bits per heavy atom. The van der Waals surface area contributed by atoms with E-state index in [-0.39, 0.29) is 5.56 Å². The molecule has 4 heteroatoms. The lowest BCUT2D eigenvalue weighted by Gasteiger charge is -2.07. The van der Waals surface area contributed by atoms with Gasteiger partial charge in [0.1, 0.15) is 5.56 Å². The lowest BCUT2D eigenvalue weighted by Crippen LogP contribution is -2.01. The summed E-state index contributed by atoms with van der Waals surface area (Å²) in [5, 5.41) is 0.983. The van der Waals surface area contributed by atoms with Gasteiger partial charge in [-0.3, -0.25) is 4.79 Å². The van der Waals surface area contributed by atoms with Crippen LogP contribution in [-0.4, -0.2) is 23.9 Å². The summed E-state index contributed by atoms with van der Waals surface area (Å²) in [6, 6.07) is 6.14. The molecule has 0 bridgehead atoms. The third-order valence-electron chi connectivity index (χ3n) is 3.06. The van der Waals surface area contributed by atoms with Gasteiger partial charge in [0.05, 0.1) is 0 Å². The van der Waals surface area contributed by atoms with E-state index >= 15 is 0 Å². The van der Waals surface area contributed by atoms with Gasteiger partial charge in [0, 0.05) is 29.8 Å². The van der Waals surface area contributed by atoms with Crippen LogP contribution >= 0.6 is 11.6 Å². The number of methoxy groups -OCH3 is 1. The van der Waals surface area contributed by atoms with E-state index in [0.29, 0.717) is 5.56 Å². The molecule has 0 spiro atoms. The molecule has 0 saturated carbocycles. The van der Waals surface area contributed by atoms with Crippen LogP contribution in [0.25, 0.3) is 10.9 Å². The fraction of sp³-hybridized carbons (Fsp3) is 0.357. The molecule has 1 aromatic carbocycles. The molecular weight excluding hydrogens is 250 g/mol. The highest BCUT2D eigenvalue weighted by atomic mass is 35.5. The number of ether oxygens (including phenoxy) is 1. The number of aldehydes is 1. The maximum Gasteiger partial charge on any atom is 0.152 e. The molecule has 0 aliphatic rings. The normalized spacial score (nSPS) is 12.8. The van der Waals surface area contributed by atoms with Crippen LogP contribution in [0.1, 0.15) is 28.8 Å². The Morgan fingerprint density at radius 1 is 1.50 bits per heavy atom. The van der Waals surface area contributed by atoms with Gasteiger partial charge in [0.25, 0.3) is 0 Å². The number of carbonyl (C=O) groups excluding carboxylic acids is 1. The molecular formula is C14H16ClNO2. The third kappa shape index (κ3) is 2.92. The quantitative estimate of drug-likeness (QED) is 0.641. The van der Waals surface area contributed by atoms with Crippen LogP contribution in [0.3, 0.4) is 0 Å². The van der Waals surface area contributed by atoms with Gasteiger partial charge in [0.2, 0.25) is 0 Å². The Morgan fingerprint density at radius 3 is 3.06 bits per heavy atom. The minimum Gasteiger partial charge on any atom is -0.366 e. The number of hydrogen-bond acceptors (Lipinski definition) is 2. The summed E-state index contributed by atoms with van der Waals surface area (Å²) in [7, 11) is 1.61. The van der Waals surface area contributed by atoms with Crippen molar-refractivity contribution in [2.45, 2.75) is 24.8 Å². The molecule has 2 aromatic rings. The van der Waals surface area contributed by atoms with Crippen LogP contribution in [0, 0.1) is 0 Å².